The van der Waals surface area contributed by atoms with E-state index < -0.39 is 0 Å². The Morgan fingerprint density at radius 1 is 1.22 bits per heavy atom. The Balaban J connectivity index is 1.52. The molecule has 27 heavy (non-hydrogen) atoms. The number of carbonyl (C=O) groups excluding carboxylic acids is 1. The van der Waals surface area contributed by atoms with Crippen molar-refractivity contribution in [2.45, 2.75) is 18.6 Å². The van der Waals surface area contributed by atoms with E-state index in [9.17, 15) is 4.79 Å². The molecule has 1 amide bonds. The number of anilines is 1. The second-order valence-electron chi connectivity index (χ2n) is 6.38. The van der Waals surface area contributed by atoms with Crippen molar-refractivity contribution in [3.05, 3.63) is 47.9 Å². The summed E-state index contributed by atoms with van der Waals surface area (Å²) in [5.41, 5.74) is 3.10. The predicted molar refractivity (Wildman–Crippen MR) is 107 cm³/mol. The van der Waals surface area contributed by atoms with Crippen LogP contribution in [-0.4, -0.2) is 40.5 Å². The van der Waals surface area contributed by atoms with Gasteiger partial charge < -0.3 is 19.2 Å². The van der Waals surface area contributed by atoms with Crippen LogP contribution in [0.25, 0.3) is 11.4 Å². The normalized spacial score (nSPS) is 10.8. The fourth-order valence-electron chi connectivity index (χ4n) is 2.59. The second kappa shape index (κ2) is 8.30. The number of benzene rings is 1. The summed E-state index contributed by atoms with van der Waals surface area (Å²) in [5.74, 6) is 1.76. The van der Waals surface area contributed by atoms with Crippen molar-refractivity contribution in [1.29, 1.82) is 0 Å². The van der Waals surface area contributed by atoms with Gasteiger partial charge in [0.1, 0.15) is 5.76 Å². The summed E-state index contributed by atoms with van der Waals surface area (Å²) < 4.78 is 7.19. The van der Waals surface area contributed by atoms with Gasteiger partial charge in [-0.05, 0) is 30.7 Å². The number of hydrogen-bond donors (Lipinski definition) is 1. The molecule has 0 atom stereocenters. The average molecular weight is 385 g/mol. The molecule has 2 heterocycles. The monoisotopic (exact) mass is 385 g/mol. The fourth-order valence-corrected chi connectivity index (χ4v) is 3.33. The highest BCUT2D eigenvalue weighted by Crippen LogP contribution is 2.25. The Morgan fingerprint density at radius 2 is 1.96 bits per heavy atom. The van der Waals surface area contributed by atoms with E-state index in [1.165, 1.54) is 11.8 Å². The SMILES string of the molecule is Cc1occc1-c1nnc(SCC(=O)NCc2ccc(N(C)C)cc2)n1C. The van der Waals surface area contributed by atoms with Crippen molar-refractivity contribution in [3.8, 4) is 11.4 Å². The van der Waals surface area contributed by atoms with Gasteiger partial charge in [-0.1, -0.05) is 23.9 Å². The lowest BCUT2D eigenvalue weighted by Gasteiger charge is -2.12. The van der Waals surface area contributed by atoms with Crippen molar-refractivity contribution < 1.29 is 9.21 Å². The van der Waals surface area contributed by atoms with Gasteiger partial charge in [0.15, 0.2) is 11.0 Å². The molecular formula is C19H23N5O2S. The van der Waals surface area contributed by atoms with Gasteiger partial charge in [0.25, 0.3) is 0 Å². The van der Waals surface area contributed by atoms with E-state index in [1.54, 1.807) is 6.26 Å². The molecule has 0 aliphatic heterocycles. The molecule has 0 radical (unpaired) electrons. The summed E-state index contributed by atoms with van der Waals surface area (Å²) in [6.07, 6.45) is 1.63. The number of rotatable bonds is 7. The minimum Gasteiger partial charge on any atom is -0.469 e. The van der Waals surface area contributed by atoms with Crippen LogP contribution in [0, 0.1) is 6.92 Å². The van der Waals surface area contributed by atoms with E-state index in [0.29, 0.717) is 11.7 Å². The number of nitrogens with one attached hydrogen (secondary N) is 1. The van der Waals surface area contributed by atoms with Crippen LogP contribution in [0.2, 0.25) is 0 Å². The molecule has 1 N–H and O–H groups in total. The quantitative estimate of drug-likeness (QED) is 0.630. The summed E-state index contributed by atoms with van der Waals surface area (Å²) in [7, 11) is 5.88. The van der Waals surface area contributed by atoms with Crippen molar-refractivity contribution >= 4 is 23.4 Å². The minimum absolute atomic E-state index is 0.0410. The maximum absolute atomic E-state index is 12.2. The van der Waals surface area contributed by atoms with Crippen LogP contribution in [0.1, 0.15) is 11.3 Å². The molecule has 0 unspecified atom stereocenters. The molecule has 2 aromatic heterocycles. The van der Waals surface area contributed by atoms with Crippen LogP contribution in [0.3, 0.4) is 0 Å². The van der Waals surface area contributed by atoms with Gasteiger partial charge >= 0.3 is 0 Å². The number of thioether (sulfide) groups is 1. The van der Waals surface area contributed by atoms with E-state index >= 15 is 0 Å². The number of hydrogen-bond acceptors (Lipinski definition) is 6. The topological polar surface area (TPSA) is 76.2 Å². The lowest BCUT2D eigenvalue weighted by atomic mass is 10.2. The summed E-state index contributed by atoms with van der Waals surface area (Å²) in [6, 6.07) is 9.97. The van der Waals surface area contributed by atoms with Crippen LogP contribution in [-0.2, 0) is 18.4 Å². The van der Waals surface area contributed by atoms with Gasteiger partial charge in [0.05, 0.1) is 17.6 Å². The third-order valence-corrected chi connectivity index (χ3v) is 5.23. The number of carbonyl (C=O) groups is 1. The Morgan fingerprint density at radius 3 is 2.59 bits per heavy atom. The van der Waals surface area contributed by atoms with Gasteiger partial charge in [0.2, 0.25) is 5.91 Å². The molecule has 0 spiro atoms. The van der Waals surface area contributed by atoms with Crippen LogP contribution >= 0.6 is 11.8 Å². The lowest BCUT2D eigenvalue weighted by Crippen LogP contribution is -2.24. The Labute approximate surface area is 162 Å². The van der Waals surface area contributed by atoms with Crippen molar-refractivity contribution in [1.82, 2.24) is 20.1 Å². The third-order valence-electron chi connectivity index (χ3n) is 4.21. The Hall–Kier alpha value is -2.74. The van der Waals surface area contributed by atoms with E-state index in [0.717, 1.165) is 28.4 Å². The molecule has 0 bridgehead atoms. The summed E-state index contributed by atoms with van der Waals surface area (Å²) in [4.78, 5) is 14.2. The molecule has 3 aromatic rings. The molecule has 1 aromatic carbocycles. The number of aromatic nitrogens is 3. The molecule has 0 saturated heterocycles. The fraction of sp³-hybridized carbons (Fsp3) is 0.316. The highest BCUT2D eigenvalue weighted by atomic mass is 32.2. The molecule has 0 saturated carbocycles. The molecule has 0 fully saturated rings. The van der Waals surface area contributed by atoms with Gasteiger partial charge in [-0.25, -0.2) is 0 Å². The lowest BCUT2D eigenvalue weighted by molar-refractivity contribution is -0.118. The number of furan rings is 1. The predicted octanol–water partition coefficient (Wildman–Crippen LogP) is 2.86. The molecule has 0 aliphatic carbocycles. The van der Waals surface area contributed by atoms with Gasteiger partial charge in [-0.2, -0.15) is 0 Å². The van der Waals surface area contributed by atoms with E-state index in [1.807, 2.05) is 67.9 Å². The number of nitrogens with zero attached hydrogens (tertiary/aromatic N) is 4. The van der Waals surface area contributed by atoms with Crippen LogP contribution < -0.4 is 10.2 Å². The van der Waals surface area contributed by atoms with Crippen molar-refractivity contribution in [2.75, 3.05) is 24.7 Å². The summed E-state index contributed by atoms with van der Waals surface area (Å²) >= 11 is 1.36. The smallest absolute Gasteiger partial charge is 0.230 e. The second-order valence-corrected chi connectivity index (χ2v) is 7.32. The van der Waals surface area contributed by atoms with Gasteiger partial charge in [0, 0.05) is 33.4 Å². The van der Waals surface area contributed by atoms with Crippen LogP contribution in [0.5, 0.6) is 0 Å². The zero-order chi connectivity index (χ0) is 19.4. The summed E-state index contributed by atoms with van der Waals surface area (Å²) in [5, 5.41) is 12.0. The highest BCUT2D eigenvalue weighted by Gasteiger charge is 2.15. The van der Waals surface area contributed by atoms with Gasteiger partial charge in [-0.3, -0.25) is 4.79 Å². The molecule has 8 heteroatoms. The first kappa shape index (κ1) is 19.0. The van der Waals surface area contributed by atoms with E-state index in [-0.39, 0.29) is 11.7 Å². The molecule has 0 aliphatic rings. The maximum atomic E-state index is 12.2. The van der Waals surface area contributed by atoms with Gasteiger partial charge in [-0.15, -0.1) is 10.2 Å². The third kappa shape index (κ3) is 4.51. The van der Waals surface area contributed by atoms with Crippen molar-refractivity contribution in [3.63, 3.8) is 0 Å². The number of aryl methyl sites for hydroxylation is 1. The summed E-state index contributed by atoms with van der Waals surface area (Å²) in [6.45, 7) is 2.39. The number of amides is 1. The first-order valence-corrected chi connectivity index (χ1v) is 9.54. The largest absolute Gasteiger partial charge is 0.469 e. The maximum Gasteiger partial charge on any atom is 0.230 e. The average Bonchev–Trinajstić information content (AvgIpc) is 3.23. The molecular weight excluding hydrogens is 362 g/mol. The van der Waals surface area contributed by atoms with Crippen molar-refractivity contribution in [2.24, 2.45) is 7.05 Å². The highest BCUT2D eigenvalue weighted by molar-refractivity contribution is 7.99. The molecule has 3 rings (SSSR count). The first-order valence-electron chi connectivity index (χ1n) is 8.55. The molecule has 142 valence electrons. The zero-order valence-corrected chi connectivity index (χ0v) is 16.7. The Bertz CT molecular complexity index is 915. The molecule has 7 nitrogen and oxygen atoms in total. The Kier molecular flexibility index (Phi) is 5.85. The van der Waals surface area contributed by atoms with Crippen LogP contribution in [0.15, 0.2) is 46.2 Å². The minimum atomic E-state index is -0.0410. The first-order chi connectivity index (χ1) is 13.0. The van der Waals surface area contributed by atoms with E-state index in [4.69, 9.17) is 4.42 Å². The standard InChI is InChI=1S/C19H23N5O2S/c1-13-16(9-10-26-13)18-21-22-19(24(18)4)27-12-17(25)20-11-14-5-7-15(8-6-14)23(2)3/h5-10H,11-12H2,1-4H3,(H,20,25). The van der Waals surface area contributed by atoms with Crippen LogP contribution in [0.4, 0.5) is 5.69 Å². The van der Waals surface area contributed by atoms with E-state index in [2.05, 4.69) is 15.5 Å². The zero-order valence-electron chi connectivity index (χ0n) is 15.9.